The van der Waals surface area contributed by atoms with E-state index in [1.54, 1.807) is 12.1 Å². The van der Waals surface area contributed by atoms with Gasteiger partial charge in [-0.2, -0.15) is 4.31 Å². The standard InChI is InChI=1S/C20H20FN3O5S2/c1-13-3-5-14(6-4-13)31(28,29)23-10-9-16-18(12-23)22-24(20(16)25)19-8-7-15(11-17(19)21)30(2,26)27/h3-8,11,22H,9-10,12H2,1-2H3. The van der Waals surface area contributed by atoms with E-state index in [1.807, 2.05) is 6.92 Å². The number of aromatic nitrogens is 2. The van der Waals surface area contributed by atoms with Crippen LogP contribution in [0.3, 0.4) is 0 Å². The molecule has 0 saturated carbocycles. The molecule has 0 amide bonds. The van der Waals surface area contributed by atoms with Gasteiger partial charge < -0.3 is 0 Å². The SMILES string of the molecule is Cc1ccc(S(=O)(=O)N2CCc3c([nH]n(-c4ccc(S(C)(=O)=O)cc4F)c3=O)C2)cc1. The number of fused-ring (bicyclic) bond motifs is 1. The van der Waals surface area contributed by atoms with Crippen LogP contribution in [-0.4, -0.2) is 43.7 Å². The molecule has 0 atom stereocenters. The molecule has 0 spiro atoms. The van der Waals surface area contributed by atoms with E-state index >= 15 is 0 Å². The van der Waals surface area contributed by atoms with E-state index < -0.39 is 31.2 Å². The molecule has 0 bridgehead atoms. The maximum absolute atomic E-state index is 14.6. The Morgan fingerprint density at radius 1 is 1.00 bits per heavy atom. The van der Waals surface area contributed by atoms with Crippen molar-refractivity contribution >= 4 is 19.9 Å². The molecule has 1 aliphatic rings. The van der Waals surface area contributed by atoms with Crippen LogP contribution in [0.4, 0.5) is 4.39 Å². The summed E-state index contributed by atoms with van der Waals surface area (Å²) in [4.78, 5) is 12.7. The topological polar surface area (TPSA) is 109 Å². The van der Waals surface area contributed by atoms with Gasteiger partial charge >= 0.3 is 0 Å². The number of sulfone groups is 1. The molecule has 1 aliphatic heterocycles. The molecule has 0 saturated heterocycles. The van der Waals surface area contributed by atoms with Crippen LogP contribution in [-0.2, 0) is 32.8 Å². The lowest BCUT2D eigenvalue weighted by molar-refractivity contribution is 0.386. The third-order valence-electron chi connectivity index (χ3n) is 5.26. The molecular weight excluding hydrogens is 445 g/mol. The quantitative estimate of drug-likeness (QED) is 0.632. The van der Waals surface area contributed by atoms with Crippen molar-refractivity contribution in [1.29, 1.82) is 0 Å². The number of H-pyrrole nitrogens is 1. The summed E-state index contributed by atoms with van der Waals surface area (Å²) in [5.41, 5.74) is 1.05. The monoisotopic (exact) mass is 465 g/mol. The van der Waals surface area contributed by atoms with Crippen molar-refractivity contribution in [3.05, 3.63) is 75.5 Å². The predicted octanol–water partition coefficient (Wildman–Crippen LogP) is 1.76. The summed E-state index contributed by atoms with van der Waals surface area (Å²) in [5, 5.41) is 2.79. The van der Waals surface area contributed by atoms with Crippen LogP contribution in [0.1, 0.15) is 16.8 Å². The minimum absolute atomic E-state index is 0.0587. The van der Waals surface area contributed by atoms with Crippen molar-refractivity contribution in [3.8, 4) is 5.69 Å². The highest BCUT2D eigenvalue weighted by molar-refractivity contribution is 7.90. The predicted molar refractivity (Wildman–Crippen MR) is 112 cm³/mol. The zero-order valence-corrected chi connectivity index (χ0v) is 18.4. The first-order chi connectivity index (χ1) is 14.5. The smallest absolute Gasteiger partial charge is 0.274 e. The number of hydrogen-bond acceptors (Lipinski definition) is 5. The minimum Gasteiger partial charge on any atom is -0.293 e. The first-order valence-electron chi connectivity index (χ1n) is 9.38. The van der Waals surface area contributed by atoms with Gasteiger partial charge in [0.05, 0.1) is 22.0 Å². The Morgan fingerprint density at radius 3 is 2.26 bits per heavy atom. The zero-order chi connectivity index (χ0) is 22.6. The molecule has 164 valence electrons. The lowest BCUT2D eigenvalue weighted by atomic mass is 10.1. The second-order valence-electron chi connectivity index (χ2n) is 7.50. The number of nitrogens with one attached hydrogen (secondary N) is 1. The number of rotatable bonds is 4. The van der Waals surface area contributed by atoms with Crippen LogP contribution in [0.2, 0.25) is 0 Å². The summed E-state index contributed by atoms with van der Waals surface area (Å²) < 4.78 is 66.0. The van der Waals surface area contributed by atoms with Crippen molar-refractivity contribution in [1.82, 2.24) is 14.1 Å². The zero-order valence-electron chi connectivity index (χ0n) is 16.8. The number of benzene rings is 2. The van der Waals surface area contributed by atoms with Crippen LogP contribution < -0.4 is 5.56 Å². The van der Waals surface area contributed by atoms with Gasteiger partial charge in [0.15, 0.2) is 9.84 Å². The molecule has 4 rings (SSSR count). The maximum atomic E-state index is 14.6. The normalized spacial score (nSPS) is 15.1. The van der Waals surface area contributed by atoms with Crippen LogP contribution in [0.15, 0.2) is 57.1 Å². The molecule has 0 unspecified atom stereocenters. The van der Waals surface area contributed by atoms with Crippen LogP contribution >= 0.6 is 0 Å². The summed E-state index contributed by atoms with van der Waals surface area (Å²) in [6.07, 6.45) is 1.13. The van der Waals surface area contributed by atoms with Gasteiger partial charge in [-0.1, -0.05) is 17.7 Å². The maximum Gasteiger partial charge on any atom is 0.274 e. The second-order valence-corrected chi connectivity index (χ2v) is 11.5. The van der Waals surface area contributed by atoms with Gasteiger partial charge in [0, 0.05) is 18.4 Å². The average Bonchev–Trinajstić information content (AvgIpc) is 3.03. The molecule has 0 radical (unpaired) electrons. The van der Waals surface area contributed by atoms with E-state index in [4.69, 9.17) is 0 Å². The molecule has 31 heavy (non-hydrogen) atoms. The van der Waals surface area contributed by atoms with Crippen LogP contribution in [0, 0.1) is 12.7 Å². The van der Waals surface area contributed by atoms with Gasteiger partial charge in [0.2, 0.25) is 10.0 Å². The van der Waals surface area contributed by atoms with E-state index in [-0.39, 0.29) is 35.0 Å². The summed E-state index contributed by atoms with van der Waals surface area (Å²) in [5.74, 6) is -0.882. The summed E-state index contributed by atoms with van der Waals surface area (Å²) in [6, 6.07) is 9.77. The number of hydrogen-bond donors (Lipinski definition) is 1. The van der Waals surface area contributed by atoms with Crippen molar-refractivity contribution in [2.75, 3.05) is 12.8 Å². The molecule has 8 nitrogen and oxygen atoms in total. The Balaban J connectivity index is 1.70. The average molecular weight is 466 g/mol. The van der Waals surface area contributed by atoms with Gasteiger partial charge in [-0.15, -0.1) is 0 Å². The molecule has 1 aromatic heterocycles. The Morgan fingerprint density at radius 2 is 1.65 bits per heavy atom. The fraction of sp³-hybridized carbons (Fsp3) is 0.250. The van der Waals surface area contributed by atoms with Crippen molar-refractivity contribution in [3.63, 3.8) is 0 Å². The summed E-state index contributed by atoms with van der Waals surface area (Å²) >= 11 is 0. The van der Waals surface area contributed by atoms with E-state index in [0.717, 1.165) is 22.6 Å². The molecular formula is C20H20FN3O5S2. The molecule has 3 aromatic rings. The lowest BCUT2D eigenvalue weighted by Gasteiger charge is -2.25. The largest absolute Gasteiger partial charge is 0.293 e. The van der Waals surface area contributed by atoms with E-state index in [2.05, 4.69) is 5.10 Å². The van der Waals surface area contributed by atoms with Crippen molar-refractivity contribution in [2.24, 2.45) is 0 Å². The Hall–Kier alpha value is -2.76. The molecule has 2 aromatic carbocycles. The number of aryl methyl sites for hydroxylation is 1. The van der Waals surface area contributed by atoms with Gasteiger partial charge in [0.1, 0.15) is 11.5 Å². The molecule has 0 fully saturated rings. The third kappa shape index (κ3) is 3.84. The highest BCUT2D eigenvalue weighted by atomic mass is 32.2. The lowest BCUT2D eigenvalue weighted by Crippen LogP contribution is -2.37. The number of sulfonamides is 1. The fourth-order valence-corrected chi connectivity index (χ4v) is 5.57. The number of nitrogens with zero attached hydrogens (tertiary/aromatic N) is 2. The highest BCUT2D eigenvalue weighted by Gasteiger charge is 2.31. The number of aromatic amines is 1. The second kappa shape index (κ2) is 7.43. The first kappa shape index (κ1) is 21.5. The van der Waals surface area contributed by atoms with Gasteiger partial charge in [-0.25, -0.2) is 25.9 Å². The van der Waals surface area contributed by atoms with Gasteiger partial charge in [-0.3, -0.25) is 9.89 Å². The van der Waals surface area contributed by atoms with Gasteiger partial charge in [0.25, 0.3) is 5.56 Å². The number of halogens is 1. The molecule has 2 heterocycles. The third-order valence-corrected chi connectivity index (χ3v) is 8.23. The van der Waals surface area contributed by atoms with Crippen molar-refractivity contribution in [2.45, 2.75) is 29.7 Å². The fourth-order valence-electron chi connectivity index (χ4n) is 3.53. The van der Waals surface area contributed by atoms with E-state index in [9.17, 15) is 26.0 Å². The van der Waals surface area contributed by atoms with E-state index in [0.29, 0.717) is 11.3 Å². The van der Waals surface area contributed by atoms with E-state index in [1.165, 1.54) is 28.6 Å². The van der Waals surface area contributed by atoms with Crippen molar-refractivity contribution < 1.29 is 21.2 Å². The highest BCUT2D eigenvalue weighted by Crippen LogP contribution is 2.24. The molecule has 0 aliphatic carbocycles. The first-order valence-corrected chi connectivity index (χ1v) is 12.7. The van der Waals surface area contributed by atoms with Crippen LogP contribution in [0.25, 0.3) is 5.69 Å². The Kier molecular flexibility index (Phi) is 5.15. The summed E-state index contributed by atoms with van der Waals surface area (Å²) in [7, 11) is -7.36. The van der Waals surface area contributed by atoms with Crippen LogP contribution in [0.5, 0.6) is 0 Å². The van der Waals surface area contributed by atoms with Gasteiger partial charge in [-0.05, 0) is 43.7 Å². The Labute approximate surface area is 178 Å². The minimum atomic E-state index is -3.76. The molecule has 1 N–H and O–H groups in total. The summed E-state index contributed by atoms with van der Waals surface area (Å²) in [6.45, 7) is 1.92. The molecule has 11 heteroatoms. The Bertz CT molecular complexity index is 1440.